The van der Waals surface area contributed by atoms with E-state index in [-0.39, 0.29) is 18.8 Å². The van der Waals surface area contributed by atoms with Crippen LogP contribution in [-0.2, 0) is 32.9 Å². The topological polar surface area (TPSA) is 158 Å². The number of aryl methyl sites for hydroxylation is 1. The first-order chi connectivity index (χ1) is 12.2. The number of rotatable bonds is 5. The van der Waals surface area contributed by atoms with Crippen LogP contribution < -0.4 is 5.32 Å². The van der Waals surface area contributed by atoms with Gasteiger partial charge in [0.2, 0.25) is 5.91 Å². The van der Waals surface area contributed by atoms with Crippen LogP contribution in [0.2, 0.25) is 0 Å². The predicted octanol–water partition coefficient (Wildman–Crippen LogP) is -0.941. The van der Waals surface area contributed by atoms with Gasteiger partial charge in [0.05, 0.1) is 24.8 Å². The number of hydrogen-bond acceptors (Lipinski definition) is 7. The zero-order chi connectivity index (χ0) is 19.1. The zero-order valence-electron chi connectivity index (χ0n) is 13.8. The smallest absolute Gasteiger partial charge is 0.337 e. The third kappa shape index (κ3) is 3.68. The molecule has 2 aliphatic heterocycles. The maximum absolute atomic E-state index is 12.3. The number of nitrogens with one attached hydrogen (secondary N) is 2. The predicted molar refractivity (Wildman–Crippen MR) is 86.2 cm³/mol. The van der Waals surface area contributed by atoms with E-state index in [0.717, 1.165) is 0 Å². The van der Waals surface area contributed by atoms with Gasteiger partial charge in [-0.25, -0.2) is 9.78 Å². The number of fused-ring (bicyclic) bond motifs is 2. The van der Waals surface area contributed by atoms with Gasteiger partial charge in [0, 0.05) is 25.5 Å². The number of carbonyl (C=O) groups is 2. The summed E-state index contributed by atoms with van der Waals surface area (Å²) in [6.45, 7) is 0.138. The number of amides is 3. The second-order valence-electron chi connectivity index (χ2n) is 6.14. The summed E-state index contributed by atoms with van der Waals surface area (Å²) in [6, 6.07) is -2.02. The van der Waals surface area contributed by atoms with E-state index in [2.05, 4.69) is 14.6 Å². The fourth-order valence-electron chi connectivity index (χ4n) is 3.13. The fraction of sp³-hybridized carbons (Fsp3) is 0.538. The van der Waals surface area contributed by atoms with Gasteiger partial charge >= 0.3 is 16.4 Å². The van der Waals surface area contributed by atoms with Gasteiger partial charge in [0.15, 0.2) is 0 Å². The Bertz CT molecular complexity index is 851. The summed E-state index contributed by atoms with van der Waals surface area (Å²) in [5.74, 6) is -0.573. The van der Waals surface area contributed by atoms with Crippen molar-refractivity contribution in [3.8, 4) is 0 Å². The summed E-state index contributed by atoms with van der Waals surface area (Å²) in [5, 5.41) is 11.2. The van der Waals surface area contributed by atoms with Crippen molar-refractivity contribution in [2.45, 2.75) is 31.3 Å². The highest BCUT2D eigenvalue weighted by Gasteiger charge is 2.48. The van der Waals surface area contributed by atoms with Crippen molar-refractivity contribution in [2.24, 2.45) is 7.05 Å². The molecule has 3 rings (SSSR count). The van der Waals surface area contributed by atoms with Crippen LogP contribution in [0.1, 0.15) is 18.5 Å². The number of piperidine rings is 1. The van der Waals surface area contributed by atoms with Gasteiger partial charge in [-0.15, -0.1) is 4.28 Å². The Kier molecular flexibility index (Phi) is 4.68. The fourth-order valence-corrected chi connectivity index (χ4v) is 3.52. The second-order valence-corrected chi connectivity index (χ2v) is 7.15. The third-order valence-electron chi connectivity index (χ3n) is 4.36. The molecule has 0 unspecified atom stereocenters. The number of nitrogens with zero attached hydrogens (tertiary/aromatic N) is 4. The third-order valence-corrected chi connectivity index (χ3v) is 4.71. The first-order valence-electron chi connectivity index (χ1n) is 7.76. The summed E-state index contributed by atoms with van der Waals surface area (Å²) in [7, 11) is -3.08. The average Bonchev–Trinajstić information content (AvgIpc) is 3.03. The molecule has 2 fully saturated rings. The standard InChI is InChI=1S/C13H18N6O6S/c1-17-7-15-5-9(17)4-11(20)16-12(14)10-3-2-8-6-18(10)13(21)19(8)25-26(22,23)24/h5,7-8,10H,2-4,6H2,1H3,(H2,14,16,20)(H,22,23,24)/t8-,10+/m1/s1. The molecule has 26 heavy (non-hydrogen) atoms. The molecule has 3 heterocycles. The molecular weight excluding hydrogens is 368 g/mol. The van der Waals surface area contributed by atoms with Crippen molar-refractivity contribution in [2.75, 3.05) is 6.54 Å². The van der Waals surface area contributed by atoms with E-state index >= 15 is 0 Å². The van der Waals surface area contributed by atoms with Crippen molar-refractivity contribution in [3.63, 3.8) is 0 Å². The minimum Gasteiger partial charge on any atom is -0.337 e. The Labute approximate surface area is 149 Å². The van der Waals surface area contributed by atoms with Crippen LogP contribution in [0, 0.1) is 5.41 Å². The van der Waals surface area contributed by atoms with E-state index in [0.29, 0.717) is 23.6 Å². The normalized spacial score (nSPS) is 22.6. The number of urea groups is 1. The maximum Gasteiger partial charge on any atom is 0.418 e. The minimum absolute atomic E-state index is 0.0279. The molecule has 1 aromatic rings. The van der Waals surface area contributed by atoms with Crippen LogP contribution >= 0.6 is 0 Å². The summed E-state index contributed by atoms with van der Waals surface area (Å²) in [5.41, 5.74) is 0.670. The molecule has 1 aromatic heterocycles. The summed E-state index contributed by atoms with van der Waals surface area (Å²) >= 11 is 0. The van der Waals surface area contributed by atoms with E-state index < -0.39 is 34.4 Å². The van der Waals surface area contributed by atoms with Gasteiger partial charge in [0.1, 0.15) is 5.84 Å². The number of aromatic nitrogens is 2. The molecule has 0 saturated carbocycles. The molecule has 13 heteroatoms. The van der Waals surface area contributed by atoms with Crippen molar-refractivity contribution in [1.29, 1.82) is 5.41 Å². The lowest BCUT2D eigenvalue weighted by Crippen LogP contribution is -2.51. The molecule has 2 saturated heterocycles. The average molecular weight is 386 g/mol. The molecule has 0 radical (unpaired) electrons. The molecule has 0 aromatic carbocycles. The quantitative estimate of drug-likeness (QED) is 0.335. The van der Waals surface area contributed by atoms with Crippen molar-refractivity contribution >= 4 is 28.2 Å². The molecule has 0 aliphatic carbocycles. The number of carbonyl (C=O) groups excluding carboxylic acids is 2. The van der Waals surface area contributed by atoms with Crippen LogP contribution in [-0.4, -0.2) is 68.9 Å². The Morgan fingerprint density at radius 2 is 2.23 bits per heavy atom. The van der Waals surface area contributed by atoms with E-state index in [1.807, 2.05) is 0 Å². The molecule has 3 amide bonds. The van der Waals surface area contributed by atoms with Crippen molar-refractivity contribution < 1.29 is 26.8 Å². The van der Waals surface area contributed by atoms with E-state index in [1.165, 1.54) is 4.90 Å². The van der Waals surface area contributed by atoms with Gasteiger partial charge in [-0.3, -0.25) is 14.8 Å². The number of hydrogen-bond donors (Lipinski definition) is 3. The van der Waals surface area contributed by atoms with Crippen LogP contribution in [0.25, 0.3) is 0 Å². The Balaban J connectivity index is 1.63. The van der Waals surface area contributed by atoms with Gasteiger partial charge in [-0.05, 0) is 12.8 Å². The Morgan fingerprint density at radius 1 is 1.50 bits per heavy atom. The molecule has 2 bridgehead atoms. The maximum atomic E-state index is 12.3. The second kappa shape index (κ2) is 6.66. The molecule has 2 aliphatic rings. The highest BCUT2D eigenvalue weighted by atomic mass is 32.3. The molecular formula is C13H18N6O6S. The minimum atomic E-state index is -4.82. The highest BCUT2D eigenvalue weighted by Crippen LogP contribution is 2.30. The van der Waals surface area contributed by atoms with Crippen molar-refractivity contribution in [1.82, 2.24) is 24.8 Å². The van der Waals surface area contributed by atoms with Crippen molar-refractivity contribution in [3.05, 3.63) is 18.2 Å². The van der Waals surface area contributed by atoms with Gasteiger partial charge < -0.3 is 14.8 Å². The monoisotopic (exact) mass is 386 g/mol. The molecule has 2 atom stereocenters. The van der Waals surface area contributed by atoms with Crippen LogP contribution in [0.5, 0.6) is 0 Å². The summed E-state index contributed by atoms with van der Waals surface area (Å²) in [6.07, 6.45) is 3.85. The lowest BCUT2D eigenvalue weighted by molar-refractivity contribution is -0.119. The van der Waals surface area contributed by atoms with Gasteiger partial charge in [0.25, 0.3) is 0 Å². The molecule has 142 valence electrons. The summed E-state index contributed by atoms with van der Waals surface area (Å²) in [4.78, 5) is 29.6. The van der Waals surface area contributed by atoms with Crippen LogP contribution in [0.4, 0.5) is 4.79 Å². The first-order valence-corrected chi connectivity index (χ1v) is 9.12. The summed E-state index contributed by atoms with van der Waals surface area (Å²) < 4.78 is 36.5. The Hall–Kier alpha value is -2.51. The van der Waals surface area contributed by atoms with E-state index in [9.17, 15) is 18.0 Å². The Morgan fingerprint density at radius 3 is 2.85 bits per heavy atom. The SMILES string of the molecule is Cn1cncc1CC(=O)NC(=N)[C@@H]1CC[C@@H]2CN1C(=O)N2OS(=O)(=O)O. The molecule has 12 nitrogen and oxygen atoms in total. The number of hydroxylamine groups is 2. The van der Waals surface area contributed by atoms with Gasteiger partial charge in [-0.1, -0.05) is 0 Å². The van der Waals surface area contributed by atoms with E-state index in [1.54, 1.807) is 24.1 Å². The zero-order valence-corrected chi connectivity index (χ0v) is 14.6. The largest absolute Gasteiger partial charge is 0.418 e. The molecule has 0 spiro atoms. The number of amidine groups is 1. The first kappa shape index (κ1) is 18.3. The lowest BCUT2D eigenvalue weighted by atomic mass is 10.00. The van der Waals surface area contributed by atoms with Crippen LogP contribution in [0.3, 0.4) is 0 Å². The van der Waals surface area contributed by atoms with E-state index in [4.69, 9.17) is 9.96 Å². The van der Waals surface area contributed by atoms with Gasteiger partial charge in [-0.2, -0.15) is 13.5 Å². The molecule has 3 N–H and O–H groups in total. The lowest BCUT2D eigenvalue weighted by Gasteiger charge is -2.30. The number of imidazole rings is 1. The highest BCUT2D eigenvalue weighted by molar-refractivity contribution is 7.80. The van der Waals surface area contributed by atoms with Crippen LogP contribution in [0.15, 0.2) is 12.5 Å².